The minimum Gasteiger partial charge on any atom is -0.872 e. The Morgan fingerprint density at radius 1 is 1.11 bits per heavy atom. The molecule has 1 amide bonds. The van der Waals surface area contributed by atoms with Crippen LogP contribution < -0.4 is 40.0 Å². The van der Waals surface area contributed by atoms with Crippen molar-refractivity contribution < 1.29 is 52.4 Å². The fourth-order valence-corrected chi connectivity index (χ4v) is 3.43. The molecular weight excluding hydrogens is 401 g/mol. The van der Waals surface area contributed by atoms with Gasteiger partial charge in [-0.15, -0.1) is 0 Å². The van der Waals surface area contributed by atoms with Crippen LogP contribution in [0.15, 0.2) is 53.4 Å². The zero-order valence-electron chi connectivity index (χ0n) is 14.5. The van der Waals surface area contributed by atoms with E-state index in [2.05, 4.69) is 5.32 Å². The number of rotatable bonds is 3. The van der Waals surface area contributed by atoms with Crippen LogP contribution in [0, 0.1) is 6.92 Å². The molecule has 0 radical (unpaired) electrons. The minimum absolute atomic E-state index is 0. The van der Waals surface area contributed by atoms with Gasteiger partial charge in [0.25, 0.3) is 16.0 Å². The number of benzene rings is 3. The molecule has 0 aliphatic rings. The molecule has 0 heterocycles. The second kappa shape index (κ2) is 8.18. The summed E-state index contributed by atoms with van der Waals surface area (Å²) < 4.78 is 32.5. The normalized spacial score (nSPS) is 11.1. The van der Waals surface area contributed by atoms with Crippen molar-refractivity contribution in [3.8, 4) is 5.75 Å². The van der Waals surface area contributed by atoms with E-state index >= 15 is 0 Å². The molecule has 3 rings (SSSR count). The van der Waals surface area contributed by atoms with Gasteiger partial charge in [0.2, 0.25) is 0 Å². The first-order chi connectivity index (χ1) is 12.2. The summed E-state index contributed by atoms with van der Waals surface area (Å²) in [4.78, 5) is 12.0. The first-order valence-electron chi connectivity index (χ1n) is 7.45. The number of fused-ring (bicyclic) bond motifs is 1. The molecule has 2 N–H and O–H groups in total. The summed E-state index contributed by atoms with van der Waals surface area (Å²) in [7, 11) is -4.60. The van der Waals surface area contributed by atoms with Crippen LogP contribution in [-0.4, -0.2) is 18.9 Å². The SMILES string of the molecule is Cc1cc(S(=O)(=O)O)c(NC(=O)c2cc3ccccc3cc2[O-])cc1Cl.[Na+]. The summed E-state index contributed by atoms with van der Waals surface area (Å²) in [6.07, 6.45) is 0. The molecule has 9 heteroatoms. The van der Waals surface area contributed by atoms with Crippen LogP contribution in [0.3, 0.4) is 0 Å². The van der Waals surface area contributed by atoms with Gasteiger partial charge in [-0.05, 0) is 41.5 Å². The second-order valence-electron chi connectivity index (χ2n) is 5.72. The van der Waals surface area contributed by atoms with Crippen molar-refractivity contribution in [2.75, 3.05) is 5.32 Å². The molecule has 3 aromatic carbocycles. The number of anilines is 1. The van der Waals surface area contributed by atoms with E-state index in [4.69, 9.17) is 11.6 Å². The maximum atomic E-state index is 12.5. The summed E-state index contributed by atoms with van der Waals surface area (Å²) in [5.41, 5.74) is 0.0508. The molecule has 27 heavy (non-hydrogen) atoms. The average Bonchev–Trinajstić information content (AvgIpc) is 2.56. The van der Waals surface area contributed by atoms with E-state index in [1.165, 1.54) is 18.2 Å². The van der Waals surface area contributed by atoms with Crippen molar-refractivity contribution in [1.29, 1.82) is 0 Å². The van der Waals surface area contributed by atoms with Crippen molar-refractivity contribution in [2.24, 2.45) is 0 Å². The smallest absolute Gasteiger partial charge is 0.872 e. The molecule has 0 unspecified atom stereocenters. The number of halogens is 1. The number of amides is 1. The van der Waals surface area contributed by atoms with E-state index in [-0.39, 0.29) is 45.8 Å². The maximum Gasteiger partial charge on any atom is 1.00 e. The standard InChI is InChI=1S/C18H14ClNO5S.Na/c1-10-6-17(26(23,24)25)15(9-14(10)19)20-18(22)13-7-11-4-2-3-5-12(11)8-16(13)21;/h2-9,21H,1H3,(H,20,22)(H,23,24,25);/q;+1/p-1. The van der Waals surface area contributed by atoms with E-state index in [0.717, 1.165) is 6.07 Å². The fraction of sp³-hybridized carbons (Fsp3) is 0.0556. The summed E-state index contributed by atoms with van der Waals surface area (Å²) >= 11 is 5.99. The van der Waals surface area contributed by atoms with Gasteiger partial charge in [0.1, 0.15) is 4.90 Å². The number of aryl methyl sites for hydroxylation is 1. The Morgan fingerprint density at radius 2 is 1.70 bits per heavy atom. The summed E-state index contributed by atoms with van der Waals surface area (Å²) in [5.74, 6) is -1.31. The number of hydrogen-bond acceptors (Lipinski definition) is 4. The molecule has 0 aromatic heterocycles. The second-order valence-corrected chi connectivity index (χ2v) is 7.52. The molecule has 0 fully saturated rings. The Labute approximate surface area is 183 Å². The third-order valence-corrected chi connectivity index (χ3v) is 5.18. The zero-order chi connectivity index (χ0) is 19.1. The quantitative estimate of drug-likeness (QED) is 0.477. The average molecular weight is 414 g/mol. The molecule has 0 spiro atoms. The Bertz CT molecular complexity index is 1150. The Morgan fingerprint density at radius 3 is 2.30 bits per heavy atom. The Balaban J connectivity index is 0.00000261. The molecule has 0 saturated carbocycles. The van der Waals surface area contributed by atoms with E-state index in [1.807, 2.05) is 0 Å². The van der Waals surface area contributed by atoms with Crippen molar-refractivity contribution >= 4 is 44.1 Å². The Hall–Kier alpha value is -1.61. The van der Waals surface area contributed by atoms with Crippen LogP contribution in [0.25, 0.3) is 10.8 Å². The van der Waals surface area contributed by atoms with Crippen LogP contribution in [-0.2, 0) is 10.1 Å². The Kier molecular flexibility index (Phi) is 6.57. The summed E-state index contributed by atoms with van der Waals surface area (Å²) in [5, 5.41) is 16.1. The van der Waals surface area contributed by atoms with Gasteiger partial charge >= 0.3 is 29.6 Å². The number of hydrogen-bond donors (Lipinski definition) is 2. The van der Waals surface area contributed by atoms with Crippen LogP contribution in [0.2, 0.25) is 5.02 Å². The van der Waals surface area contributed by atoms with E-state index in [9.17, 15) is 22.9 Å². The largest absolute Gasteiger partial charge is 1.00 e. The van der Waals surface area contributed by atoms with E-state index < -0.39 is 26.7 Å². The van der Waals surface area contributed by atoms with Gasteiger partial charge in [-0.3, -0.25) is 9.35 Å². The van der Waals surface area contributed by atoms with Gasteiger partial charge in [0, 0.05) is 10.6 Å². The molecule has 0 bridgehead atoms. The minimum atomic E-state index is -4.60. The van der Waals surface area contributed by atoms with Crippen molar-refractivity contribution in [1.82, 2.24) is 0 Å². The molecular formula is C18H13ClNNaO5S. The first-order valence-corrected chi connectivity index (χ1v) is 9.27. The predicted octanol–water partition coefficient (Wildman–Crippen LogP) is 0.378. The maximum absolute atomic E-state index is 12.5. The molecule has 134 valence electrons. The molecule has 0 aliphatic carbocycles. The van der Waals surface area contributed by atoms with E-state index in [1.54, 1.807) is 31.2 Å². The van der Waals surface area contributed by atoms with Crippen LogP contribution in [0.1, 0.15) is 15.9 Å². The van der Waals surface area contributed by atoms with Gasteiger partial charge < -0.3 is 10.4 Å². The predicted molar refractivity (Wildman–Crippen MR) is 97.4 cm³/mol. The molecule has 3 aromatic rings. The number of nitrogens with one attached hydrogen (secondary N) is 1. The van der Waals surface area contributed by atoms with Gasteiger partial charge in [-0.2, -0.15) is 8.42 Å². The van der Waals surface area contributed by atoms with Gasteiger partial charge in [-0.1, -0.05) is 47.7 Å². The molecule has 0 aliphatic heterocycles. The van der Waals surface area contributed by atoms with Crippen LogP contribution in [0.4, 0.5) is 5.69 Å². The van der Waals surface area contributed by atoms with Crippen molar-refractivity contribution in [3.63, 3.8) is 0 Å². The van der Waals surface area contributed by atoms with Gasteiger partial charge in [0.15, 0.2) is 0 Å². The van der Waals surface area contributed by atoms with Crippen LogP contribution >= 0.6 is 11.6 Å². The zero-order valence-corrected chi connectivity index (χ0v) is 18.1. The van der Waals surface area contributed by atoms with Crippen LogP contribution in [0.5, 0.6) is 5.75 Å². The molecule has 6 nitrogen and oxygen atoms in total. The van der Waals surface area contributed by atoms with Gasteiger partial charge in [-0.25, -0.2) is 0 Å². The van der Waals surface area contributed by atoms with E-state index in [0.29, 0.717) is 16.3 Å². The fourth-order valence-electron chi connectivity index (χ4n) is 2.55. The van der Waals surface area contributed by atoms with Crippen molar-refractivity contribution in [3.05, 3.63) is 64.7 Å². The topological polar surface area (TPSA) is 107 Å². The summed E-state index contributed by atoms with van der Waals surface area (Å²) in [6.45, 7) is 1.56. The number of carbonyl (C=O) groups excluding carboxylic acids is 1. The number of carbonyl (C=O) groups is 1. The third-order valence-electron chi connectivity index (χ3n) is 3.88. The third kappa shape index (κ3) is 4.63. The first kappa shape index (κ1) is 21.7. The monoisotopic (exact) mass is 413 g/mol. The summed E-state index contributed by atoms with van der Waals surface area (Å²) in [6, 6.07) is 12.1. The molecule has 0 atom stereocenters. The van der Waals surface area contributed by atoms with Gasteiger partial charge in [0.05, 0.1) is 5.69 Å². The van der Waals surface area contributed by atoms with Crippen molar-refractivity contribution in [2.45, 2.75) is 11.8 Å². The molecule has 0 saturated heterocycles.